The van der Waals surface area contributed by atoms with E-state index in [1.807, 2.05) is 0 Å². The van der Waals surface area contributed by atoms with E-state index in [1.165, 1.54) is 12.1 Å². The maximum atomic E-state index is 9.71. The Labute approximate surface area is 115 Å². The second-order valence-corrected chi connectivity index (χ2v) is 5.63. The zero-order valence-corrected chi connectivity index (χ0v) is 11.6. The second kappa shape index (κ2) is 5.97. The van der Waals surface area contributed by atoms with E-state index in [-0.39, 0.29) is 23.0 Å². The van der Waals surface area contributed by atoms with Crippen LogP contribution in [0.3, 0.4) is 0 Å². The van der Waals surface area contributed by atoms with Crippen LogP contribution in [0.25, 0.3) is 11.5 Å². The largest absolute Gasteiger partial charge is 0.507 e. The lowest BCUT2D eigenvalue weighted by atomic mass is 10.2. The Hall–Kier alpha value is -1.69. The SMILES string of the molecule is CC(C)CSCc1noc(-c2c(O)cccc2O)n1. The molecule has 6 heteroatoms. The fourth-order valence-corrected chi connectivity index (χ4v) is 2.44. The third-order valence-electron chi connectivity index (χ3n) is 2.38. The number of rotatable bonds is 5. The van der Waals surface area contributed by atoms with Crippen LogP contribution in [-0.2, 0) is 5.75 Å². The fraction of sp³-hybridized carbons (Fsp3) is 0.385. The van der Waals surface area contributed by atoms with E-state index in [1.54, 1.807) is 17.8 Å². The summed E-state index contributed by atoms with van der Waals surface area (Å²) >= 11 is 1.72. The van der Waals surface area contributed by atoms with E-state index in [0.29, 0.717) is 17.5 Å². The summed E-state index contributed by atoms with van der Waals surface area (Å²) in [7, 11) is 0. The highest BCUT2D eigenvalue weighted by atomic mass is 32.2. The molecule has 0 fully saturated rings. The highest BCUT2D eigenvalue weighted by molar-refractivity contribution is 7.98. The lowest BCUT2D eigenvalue weighted by Gasteiger charge is -2.01. The Morgan fingerprint density at radius 1 is 1.26 bits per heavy atom. The van der Waals surface area contributed by atoms with Gasteiger partial charge in [-0.05, 0) is 23.8 Å². The van der Waals surface area contributed by atoms with Crippen LogP contribution in [-0.4, -0.2) is 26.1 Å². The third kappa shape index (κ3) is 3.41. The Morgan fingerprint density at radius 3 is 2.58 bits per heavy atom. The normalized spacial score (nSPS) is 11.1. The van der Waals surface area contributed by atoms with E-state index < -0.39 is 0 Å². The second-order valence-electron chi connectivity index (χ2n) is 4.60. The molecule has 102 valence electrons. The maximum Gasteiger partial charge on any atom is 0.265 e. The van der Waals surface area contributed by atoms with Crippen molar-refractivity contribution in [3.8, 4) is 23.0 Å². The molecule has 0 saturated heterocycles. The highest BCUT2D eigenvalue weighted by Gasteiger charge is 2.16. The van der Waals surface area contributed by atoms with Crippen LogP contribution in [0.1, 0.15) is 19.7 Å². The Kier molecular flexibility index (Phi) is 4.31. The van der Waals surface area contributed by atoms with Gasteiger partial charge in [0.2, 0.25) is 0 Å². The highest BCUT2D eigenvalue weighted by Crippen LogP contribution is 2.35. The molecule has 19 heavy (non-hydrogen) atoms. The number of aromatic hydroxyl groups is 2. The average molecular weight is 280 g/mol. The molecule has 2 aromatic rings. The van der Waals surface area contributed by atoms with Gasteiger partial charge in [0.25, 0.3) is 5.89 Å². The molecule has 5 nitrogen and oxygen atoms in total. The van der Waals surface area contributed by atoms with Crippen molar-refractivity contribution in [1.29, 1.82) is 0 Å². The van der Waals surface area contributed by atoms with Crippen LogP contribution in [0, 0.1) is 5.92 Å². The van der Waals surface area contributed by atoms with Gasteiger partial charge < -0.3 is 14.7 Å². The van der Waals surface area contributed by atoms with Gasteiger partial charge in [-0.3, -0.25) is 0 Å². The summed E-state index contributed by atoms with van der Waals surface area (Å²) in [5.74, 6) is 2.81. The minimum Gasteiger partial charge on any atom is -0.507 e. The van der Waals surface area contributed by atoms with Crippen molar-refractivity contribution in [2.75, 3.05) is 5.75 Å². The minimum absolute atomic E-state index is 0.0787. The topological polar surface area (TPSA) is 79.4 Å². The predicted molar refractivity (Wildman–Crippen MR) is 74.1 cm³/mol. The standard InChI is InChI=1S/C13H16N2O3S/c1-8(2)6-19-7-11-14-13(18-15-11)12-9(16)4-3-5-10(12)17/h3-5,8,16-17H,6-7H2,1-2H3. The molecular formula is C13H16N2O3S. The zero-order valence-electron chi connectivity index (χ0n) is 10.8. The smallest absolute Gasteiger partial charge is 0.265 e. The average Bonchev–Trinajstić information content (AvgIpc) is 2.77. The van der Waals surface area contributed by atoms with Crippen LogP contribution < -0.4 is 0 Å². The summed E-state index contributed by atoms with van der Waals surface area (Å²) < 4.78 is 5.08. The summed E-state index contributed by atoms with van der Waals surface area (Å²) in [5.41, 5.74) is 0.176. The van der Waals surface area contributed by atoms with Gasteiger partial charge in [-0.25, -0.2) is 0 Å². The summed E-state index contributed by atoms with van der Waals surface area (Å²) in [4.78, 5) is 4.18. The Morgan fingerprint density at radius 2 is 1.95 bits per heavy atom. The van der Waals surface area contributed by atoms with Gasteiger partial charge in [0.05, 0.1) is 5.75 Å². The van der Waals surface area contributed by atoms with Crippen molar-refractivity contribution in [3.63, 3.8) is 0 Å². The first kappa shape index (κ1) is 13.7. The maximum absolute atomic E-state index is 9.71. The molecule has 0 radical (unpaired) electrons. The predicted octanol–water partition coefficient (Wildman–Crippen LogP) is 3.04. The minimum atomic E-state index is -0.0787. The first-order valence-electron chi connectivity index (χ1n) is 5.99. The number of nitrogens with zero attached hydrogens (tertiary/aromatic N) is 2. The van der Waals surface area contributed by atoms with Gasteiger partial charge >= 0.3 is 0 Å². The number of benzene rings is 1. The summed E-state index contributed by atoms with van der Waals surface area (Å²) in [6, 6.07) is 4.48. The molecular weight excluding hydrogens is 264 g/mol. The molecule has 0 atom stereocenters. The van der Waals surface area contributed by atoms with Gasteiger partial charge in [-0.15, -0.1) is 0 Å². The van der Waals surface area contributed by atoms with Crippen molar-refractivity contribution in [2.45, 2.75) is 19.6 Å². The van der Waals surface area contributed by atoms with E-state index in [0.717, 1.165) is 5.75 Å². The van der Waals surface area contributed by atoms with Gasteiger partial charge in [-0.1, -0.05) is 25.1 Å². The van der Waals surface area contributed by atoms with Gasteiger partial charge in [0.15, 0.2) is 5.82 Å². The van der Waals surface area contributed by atoms with Crippen molar-refractivity contribution in [1.82, 2.24) is 10.1 Å². The summed E-state index contributed by atoms with van der Waals surface area (Å²) in [6.07, 6.45) is 0. The molecule has 1 aromatic carbocycles. The van der Waals surface area contributed by atoms with Gasteiger partial charge in [-0.2, -0.15) is 16.7 Å². The molecule has 2 rings (SSSR count). The number of hydrogen-bond donors (Lipinski definition) is 2. The fourth-order valence-electron chi connectivity index (χ4n) is 1.55. The lowest BCUT2D eigenvalue weighted by molar-refractivity contribution is 0.411. The molecule has 0 aliphatic rings. The quantitative estimate of drug-likeness (QED) is 0.876. The number of thioether (sulfide) groups is 1. The number of phenols is 2. The number of aromatic nitrogens is 2. The molecule has 0 saturated carbocycles. The first-order valence-corrected chi connectivity index (χ1v) is 7.15. The summed E-state index contributed by atoms with van der Waals surface area (Å²) in [6.45, 7) is 4.30. The van der Waals surface area contributed by atoms with Crippen molar-refractivity contribution in [3.05, 3.63) is 24.0 Å². The Bertz CT molecular complexity index is 534. The summed E-state index contributed by atoms with van der Waals surface area (Å²) in [5, 5.41) is 23.3. The van der Waals surface area contributed by atoms with Crippen LogP contribution >= 0.6 is 11.8 Å². The van der Waals surface area contributed by atoms with Crippen molar-refractivity contribution in [2.24, 2.45) is 5.92 Å². The molecule has 0 aliphatic carbocycles. The molecule has 1 heterocycles. The van der Waals surface area contributed by atoms with Crippen LogP contribution in [0.15, 0.2) is 22.7 Å². The molecule has 2 N–H and O–H groups in total. The molecule has 0 spiro atoms. The number of phenolic OH excluding ortho intramolecular Hbond substituents is 2. The van der Waals surface area contributed by atoms with Crippen LogP contribution in [0.2, 0.25) is 0 Å². The first-order chi connectivity index (χ1) is 9.08. The molecule has 1 aromatic heterocycles. The van der Waals surface area contributed by atoms with E-state index in [4.69, 9.17) is 4.52 Å². The lowest BCUT2D eigenvalue weighted by Crippen LogP contribution is -1.92. The van der Waals surface area contributed by atoms with Crippen LogP contribution in [0.5, 0.6) is 11.5 Å². The van der Waals surface area contributed by atoms with E-state index in [2.05, 4.69) is 24.0 Å². The molecule has 0 unspecified atom stereocenters. The molecule has 0 aliphatic heterocycles. The molecule has 0 bridgehead atoms. The van der Waals surface area contributed by atoms with Crippen LogP contribution in [0.4, 0.5) is 0 Å². The molecule has 0 amide bonds. The van der Waals surface area contributed by atoms with E-state index >= 15 is 0 Å². The zero-order chi connectivity index (χ0) is 13.8. The Balaban J connectivity index is 2.12. The monoisotopic (exact) mass is 280 g/mol. The number of hydrogen-bond acceptors (Lipinski definition) is 6. The van der Waals surface area contributed by atoms with Crippen molar-refractivity contribution >= 4 is 11.8 Å². The van der Waals surface area contributed by atoms with Gasteiger partial charge in [0.1, 0.15) is 17.1 Å². The van der Waals surface area contributed by atoms with Crippen molar-refractivity contribution < 1.29 is 14.7 Å². The third-order valence-corrected chi connectivity index (χ3v) is 3.75. The van der Waals surface area contributed by atoms with Gasteiger partial charge in [0, 0.05) is 0 Å². The van der Waals surface area contributed by atoms with E-state index in [9.17, 15) is 10.2 Å².